The molecular weight excluding hydrogens is 440 g/mol. The average molecular weight is 479 g/mol. The molecule has 184 valence electrons. The number of hydrogen-bond acceptors (Lipinski definition) is 5. The van der Waals surface area contributed by atoms with Crippen LogP contribution in [-0.4, -0.2) is 61.8 Å². The van der Waals surface area contributed by atoms with E-state index in [4.69, 9.17) is 4.74 Å². The Kier molecular flexibility index (Phi) is 8.22. The molecule has 1 amide bonds. The molecule has 1 aromatic rings. The van der Waals surface area contributed by atoms with Crippen molar-refractivity contribution < 1.29 is 22.7 Å². The van der Waals surface area contributed by atoms with Gasteiger partial charge in [-0.05, 0) is 61.6 Å². The third-order valence-corrected chi connectivity index (χ3v) is 8.81. The zero-order valence-corrected chi connectivity index (χ0v) is 21.2. The third kappa shape index (κ3) is 6.15. The molecule has 8 heteroatoms. The van der Waals surface area contributed by atoms with E-state index in [1.54, 1.807) is 12.1 Å². The van der Waals surface area contributed by atoms with Gasteiger partial charge in [-0.25, -0.2) is 8.42 Å². The van der Waals surface area contributed by atoms with E-state index in [9.17, 15) is 18.0 Å². The number of sulfonamides is 1. The zero-order valence-electron chi connectivity index (χ0n) is 20.4. The van der Waals surface area contributed by atoms with Crippen LogP contribution in [0.25, 0.3) is 0 Å². The van der Waals surface area contributed by atoms with Crippen molar-refractivity contribution in [2.45, 2.75) is 82.6 Å². The molecule has 0 aliphatic carbocycles. The number of amides is 1. The van der Waals surface area contributed by atoms with E-state index < -0.39 is 16.0 Å². The van der Waals surface area contributed by atoms with E-state index >= 15 is 0 Å². The normalized spacial score (nSPS) is 21.1. The van der Waals surface area contributed by atoms with Gasteiger partial charge < -0.3 is 9.64 Å². The van der Waals surface area contributed by atoms with Crippen LogP contribution in [0.5, 0.6) is 0 Å². The molecule has 0 N–H and O–H groups in total. The number of likely N-dealkylation sites (tertiary alicyclic amines) is 1. The van der Waals surface area contributed by atoms with Crippen molar-refractivity contribution >= 4 is 21.9 Å². The summed E-state index contributed by atoms with van der Waals surface area (Å²) in [6.45, 7) is 9.36. The van der Waals surface area contributed by atoms with Crippen LogP contribution in [0.1, 0.15) is 71.8 Å². The second-order valence-corrected chi connectivity index (χ2v) is 12.1. The fourth-order valence-electron chi connectivity index (χ4n) is 4.69. The first-order valence-corrected chi connectivity index (χ1v) is 13.5. The number of esters is 1. The Morgan fingerprint density at radius 3 is 2.21 bits per heavy atom. The number of nitrogens with zero attached hydrogens (tertiary/aromatic N) is 2. The topological polar surface area (TPSA) is 84.0 Å². The van der Waals surface area contributed by atoms with Gasteiger partial charge in [0.2, 0.25) is 10.0 Å². The summed E-state index contributed by atoms with van der Waals surface area (Å²) in [5, 5.41) is 0. The SMILES string of the molecule is CCC1CCCCN1C(=O)COC(=O)C1CCN(S(=O)(=O)c2ccc(C(C)(C)C)cc2)CC1. The Bertz CT molecular complexity index is 929. The highest BCUT2D eigenvalue weighted by Gasteiger charge is 2.34. The number of rotatable bonds is 6. The van der Waals surface area contributed by atoms with Crippen molar-refractivity contribution in [3.8, 4) is 0 Å². The van der Waals surface area contributed by atoms with Crippen molar-refractivity contribution in [2.75, 3.05) is 26.2 Å². The lowest BCUT2D eigenvalue weighted by atomic mass is 9.87. The van der Waals surface area contributed by atoms with Gasteiger partial charge >= 0.3 is 5.97 Å². The standard InChI is InChI=1S/C25H38N2O5S/c1-5-21-8-6-7-15-27(21)23(28)18-32-24(29)19-13-16-26(17-14-19)33(30,31)22-11-9-20(10-12-22)25(2,3)4/h9-12,19,21H,5-8,13-18H2,1-4H3. The van der Waals surface area contributed by atoms with Crippen molar-refractivity contribution in [1.82, 2.24) is 9.21 Å². The highest BCUT2D eigenvalue weighted by molar-refractivity contribution is 7.89. The number of carbonyl (C=O) groups is 2. The monoisotopic (exact) mass is 478 g/mol. The van der Waals surface area contributed by atoms with Crippen molar-refractivity contribution in [3.05, 3.63) is 29.8 Å². The molecular formula is C25H38N2O5S. The molecule has 0 bridgehead atoms. The summed E-state index contributed by atoms with van der Waals surface area (Å²) in [5.74, 6) is -0.913. The summed E-state index contributed by atoms with van der Waals surface area (Å²) < 4.78 is 32.8. The molecule has 2 saturated heterocycles. The van der Waals surface area contributed by atoms with Crippen LogP contribution in [-0.2, 0) is 29.8 Å². The van der Waals surface area contributed by atoms with E-state index in [0.717, 1.165) is 37.8 Å². The van der Waals surface area contributed by atoms with E-state index in [1.165, 1.54) is 4.31 Å². The Morgan fingerprint density at radius 2 is 1.64 bits per heavy atom. The Labute approximate surface area is 198 Å². The second-order valence-electron chi connectivity index (χ2n) is 10.2. The highest BCUT2D eigenvalue weighted by atomic mass is 32.2. The van der Waals surface area contributed by atoms with Crippen LogP contribution in [0.3, 0.4) is 0 Å². The quantitative estimate of drug-likeness (QED) is 0.582. The van der Waals surface area contributed by atoms with Crippen molar-refractivity contribution in [1.29, 1.82) is 0 Å². The molecule has 2 aliphatic rings. The zero-order chi connectivity index (χ0) is 24.2. The number of carbonyl (C=O) groups excluding carboxylic acids is 2. The first-order valence-electron chi connectivity index (χ1n) is 12.1. The summed E-state index contributed by atoms with van der Waals surface area (Å²) in [6.07, 6.45) is 4.82. The van der Waals surface area contributed by atoms with Crippen LogP contribution < -0.4 is 0 Å². The lowest BCUT2D eigenvalue weighted by molar-refractivity contribution is -0.157. The van der Waals surface area contributed by atoms with Crippen LogP contribution in [0.15, 0.2) is 29.2 Å². The van der Waals surface area contributed by atoms with E-state index in [-0.39, 0.29) is 47.9 Å². The fraction of sp³-hybridized carbons (Fsp3) is 0.680. The summed E-state index contributed by atoms with van der Waals surface area (Å²) in [6, 6.07) is 7.27. The first kappa shape index (κ1) is 25.7. The van der Waals surface area contributed by atoms with Gasteiger partial charge in [0.1, 0.15) is 0 Å². The molecule has 1 atom stereocenters. The molecule has 7 nitrogen and oxygen atoms in total. The highest BCUT2D eigenvalue weighted by Crippen LogP contribution is 2.27. The first-order chi connectivity index (χ1) is 15.5. The van der Waals surface area contributed by atoms with Gasteiger partial charge in [0, 0.05) is 25.7 Å². The molecule has 33 heavy (non-hydrogen) atoms. The minimum Gasteiger partial charge on any atom is -0.455 e. The Morgan fingerprint density at radius 1 is 1.00 bits per heavy atom. The second kappa shape index (κ2) is 10.6. The average Bonchev–Trinajstić information content (AvgIpc) is 2.81. The van der Waals surface area contributed by atoms with Crippen LogP contribution in [0.2, 0.25) is 0 Å². The predicted octanol–water partition coefficient (Wildman–Crippen LogP) is 3.72. The number of piperidine rings is 2. The van der Waals surface area contributed by atoms with Gasteiger partial charge in [-0.3, -0.25) is 9.59 Å². The number of hydrogen-bond donors (Lipinski definition) is 0. The van der Waals surface area contributed by atoms with Gasteiger partial charge in [0.05, 0.1) is 10.8 Å². The summed E-state index contributed by atoms with van der Waals surface area (Å²) in [7, 11) is -3.60. The summed E-state index contributed by atoms with van der Waals surface area (Å²) >= 11 is 0. The van der Waals surface area contributed by atoms with Gasteiger partial charge in [-0.1, -0.05) is 39.8 Å². The lowest BCUT2D eigenvalue weighted by Gasteiger charge is -2.35. The molecule has 0 radical (unpaired) electrons. The maximum atomic E-state index is 13.0. The van der Waals surface area contributed by atoms with E-state index in [2.05, 4.69) is 27.7 Å². The Hall–Kier alpha value is -1.93. The predicted molar refractivity (Wildman–Crippen MR) is 127 cm³/mol. The molecule has 2 heterocycles. The molecule has 3 rings (SSSR count). The van der Waals surface area contributed by atoms with Crippen LogP contribution in [0.4, 0.5) is 0 Å². The fourth-order valence-corrected chi connectivity index (χ4v) is 6.16. The number of benzene rings is 1. The van der Waals surface area contributed by atoms with Gasteiger partial charge in [-0.2, -0.15) is 4.31 Å². The van der Waals surface area contributed by atoms with Gasteiger partial charge in [0.25, 0.3) is 5.91 Å². The maximum Gasteiger partial charge on any atom is 0.309 e. The number of ether oxygens (including phenoxy) is 1. The van der Waals surface area contributed by atoms with Crippen molar-refractivity contribution in [2.24, 2.45) is 5.92 Å². The van der Waals surface area contributed by atoms with Gasteiger partial charge in [-0.15, -0.1) is 0 Å². The minimum atomic E-state index is -3.60. The largest absolute Gasteiger partial charge is 0.455 e. The molecule has 0 spiro atoms. The molecule has 1 unspecified atom stereocenters. The van der Waals surface area contributed by atoms with E-state index in [0.29, 0.717) is 12.8 Å². The van der Waals surface area contributed by atoms with Gasteiger partial charge in [0.15, 0.2) is 6.61 Å². The smallest absolute Gasteiger partial charge is 0.309 e. The molecule has 2 fully saturated rings. The van der Waals surface area contributed by atoms with Crippen LogP contribution >= 0.6 is 0 Å². The lowest BCUT2D eigenvalue weighted by Crippen LogP contribution is -2.46. The minimum absolute atomic E-state index is 0.0478. The molecule has 0 aromatic heterocycles. The molecule has 1 aromatic carbocycles. The molecule has 0 saturated carbocycles. The van der Waals surface area contributed by atoms with Crippen LogP contribution in [0, 0.1) is 5.92 Å². The maximum absolute atomic E-state index is 13.0. The van der Waals surface area contributed by atoms with Crippen molar-refractivity contribution in [3.63, 3.8) is 0 Å². The molecule has 2 aliphatic heterocycles. The van der Waals surface area contributed by atoms with E-state index in [1.807, 2.05) is 17.0 Å². The Balaban J connectivity index is 1.51. The third-order valence-electron chi connectivity index (χ3n) is 6.90. The summed E-state index contributed by atoms with van der Waals surface area (Å²) in [5.41, 5.74) is 1.03. The summed E-state index contributed by atoms with van der Waals surface area (Å²) in [4.78, 5) is 27.2.